The Labute approximate surface area is 83.4 Å². The van der Waals surface area contributed by atoms with Crippen molar-refractivity contribution in [2.45, 2.75) is 33.0 Å². The van der Waals surface area contributed by atoms with E-state index in [2.05, 4.69) is 10.3 Å². The first-order valence-electron chi connectivity index (χ1n) is 4.54. The van der Waals surface area contributed by atoms with Gasteiger partial charge in [-0.05, 0) is 5.41 Å². The average molecular weight is 199 g/mol. The normalized spacial score (nSPS) is 16.7. The van der Waals surface area contributed by atoms with E-state index in [-0.39, 0.29) is 5.41 Å². The van der Waals surface area contributed by atoms with Crippen molar-refractivity contribution >= 4 is 0 Å². The third kappa shape index (κ3) is 2.30. The summed E-state index contributed by atoms with van der Waals surface area (Å²) >= 11 is 0. The monoisotopic (exact) mass is 199 g/mol. The number of hydrogen-bond donors (Lipinski definition) is 2. The molecule has 1 rings (SSSR count). The highest BCUT2D eigenvalue weighted by molar-refractivity contribution is 5.01. The molecule has 0 aliphatic carbocycles. The lowest BCUT2D eigenvalue weighted by Crippen LogP contribution is -2.32. The maximum Gasteiger partial charge on any atom is 0.126 e. The van der Waals surface area contributed by atoms with Gasteiger partial charge in [-0.25, -0.2) is 0 Å². The molecule has 1 aromatic heterocycles. The van der Waals surface area contributed by atoms with E-state index in [1.807, 2.05) is 20.8 Å². The molecule has 0 amide bonds. The van der Waals surface area contributed by atoms with Crippen molar-refractivity contribution in [3.05, 3.63) is 11.9 Å². The molecule has 14 heavy (non-hydrogen) atoms. The van der Waals surface area contributed by atoms with Crippen LogP contribution in [0.1, 0.15) is 32.6 Å². The van der Waals surface area contributed by atoms with Gasteiger partial charge < -0.3 is 10.2 Å². The van der Waals surface area contributed by atoms with Gasteiger partial charge in [0.15, 0.2) is 0 Å². The molecule has 0 fully saturated rings. The highest BCUT2D eigenvalue weighted by atomic mass is 16.3. The molecule has 0 saturated heterocycles. The van der Waals surface area contributed by atoms with Gasteiger partial charge in [0.2, 0.25) is 0 Å². The molecule has 2 N–H and O–H groups in total. The van der Waals surface area contributed by atoms with Crippen molar-refractivity contribution in [3.63, 3.8) is 0 Å². The van der Waals surface area contributed by atoms with Crippen molar-refractivity contribution < 1.29 is 10.2 Å². The highest BCUT2D eigenvalue weighted by Gasteiger charge is 2.31. The molecule has 0 aromatic carbocycles. The molecule has 0 bridgehead atoms. The Kier molecular flexibility index (Phi) is 2.92. The second kappa shape index (κ2) is 3.67. The lowest BCUT2D eigenvalue weighted by atomic mass is 9.85. The summed E-state index contributed by atoms with van der Waals surface area (Å²) in [6.07, 6.45) is -0.234. The zero-order chi connectivity index (χ0) is 10.9. The van der Waals surface area contributed by atoms with Crippen LogP contribution in [0.5, 0.6) is 0 Å². The van der Waals surface area contributed by atoms with Crippen LogP contribution in [0.3, 0.4) is 0 Å². The molecule has 5 nitrogen and oxygen atoms in total. The number of rotatable bonds is 2. The molecule has 0 saturated carbocycles. The van der Waals surface area contributed by atoms with Crippen LogP contribution in [0.2, 0.25) is 0 Å². The second-order valence-corrected chi connectivity index (χ2v) is 4.57. The first-order chi connectivity index (χ1) is 6.32. The van der Waals surface area contributed by atoms with Crippen LogP contribution in [0, 0.1) is 5.41 Å². The van der Waals surface area contributed by atoms with Crippen molar-refractivity contribution in [1.29, 1.82) is 0 Å². The molecule has 5 heteroatoms. The van der Waals surface area contributed by atoms with Crippen LogP contribution in [-0.4, -0.2) is 31.3 Å². The maximum absolute atomic E-state index is 9.79. The molecule has 1 heterocycles. The van der Waals surface area contributed by atoms with Crippen molar-refractivity contribution in [3.8, 4) is 0 Å². The fourth-order valence-electron chi connectivity index (χ4n) is 1.14. The summed E-state index contributed by atoms with van der Waals surface area (Å²) in [5.41, 5.74) is 0.0200. The molecular weight excluding hydrogens is 182 g/mol. The van der Waals surface area contributed by atoms with E-state index in [0.29, 0.717) is 5.69 Å². The average Bonchev–Trinajstić information content (AvgIpc) is 2.47. The fraction of sp³-hybridized carbons (Fsp3) is 0.778. The summed E-state index contributed by atoms with van der Waals surface area (Å²) in [5, 5.41) is 27.0. The summed E-state index contributed by atoms with van der Waals surface area (Å²) in [7, 11) is 1.71. The number of aryl methyl sites for hydroxylation is 1. The van der Waals surface area contributed by atoms with Crippen molar-refractivity contribution in [1.82, 2.24) is 15.0 Å². The minimum Gasteiger partial charge on any atom is -0.389 e. The Morgan fingerprint density at radius 3 is 2.29 bits per heavy atom. The van der Waals surface area contributed by atoms with Crippen LogP contribution >= 0.6 is 0 Å². The SMILES string of the molecule is Cn1cc(C(O)C(O)C(C)(C)C)nn1. The van der Waals surface area contributed by atoms with Gasteiger partial charge in [0.1, 0.15) is 11.8 Å². The third-order valence-corrected chi connectivity index (χ3v) is 2.11. The van der Waals surface area contributed by atoms with Gasteiger partial charge in [0, 0.05) is 7.05 Å². The van der Waals surface area contributed by atoms with Gasteiger partial charge in [0.25, 0.3) is 0 Å². The van der Waals surface area contributed by atoms with E-state index in [1.54, 1.807) is 13.2 Å². The first kappa shape index (κ1) is 11.1. The number of hydrogen-bond acceptors (Lipinski definition) is 4. The van der Waals surface area contributed by atoms with Crippen LogP contribution in [0.25, 0.3) is 0 Å². The topological polar surface area (TPSA) is 71.2 Å². The minimum absolute atomic E-state index is 0.378. The molecule has 2 atom stereocenters. The van der Waals surface area contributed by atoms with E-state index in [4.69, 9.17) is 0 Å². The Hall–Kier alpha value is -0.940. The van der Waals surface area contributed by atoms with Crippen LogP contribution < -0.4 is 0 Å². The lowest BCUT2D eigenvalue weighted by molar-refractivity contribution is -0.0477. The summed E-state index contributed by atoms with van der Waals surface area (Å²) in [5.74, 6) is 0. The Morgan fingerprint density at radius 1 is 1.36 bits per heavy atom. The number of aliphatic hydroxyl groups excluding tert-OH is 2. The van der Waals surface area contributed by atoms with Gasteiger partial charge in [-0.15, -0.1) is 5.10 Å². The van der Waals surface area contributed by atoms with E-state index in [1.165, 1.54) is 4.68 Å². The Balaban J connectivity index is 2.80. The van der Waals surface area contributed by atoms with Crippen molar-refractivity contribution in [2.24, 2.45) is 12.5 Å². The molecule has 0 aliphatic heterocycles. The summed E-state index contributed by atoms with van der Waals surface area (Å²) in [4.78, 5) is 0. The van der Waals surface area contributed by atoms with Crippen molar-refractivity contribution in [2.75, 3.05) is 0 Å². The van der Waals surface area contributed by atoms with Crippen LogP contribution in [-0.2, 0) is 7.05 Å². The summed E-state index contributed by atoms with van der Waals surface area (Å²) in [6, 6.07) is 0. The van der Waals surface area contributed by atoms with E-state index >= 15 is 0 Å². The predicted molar refractivity (Wildman–Crippen MR) is 51.4 cm³/mol. The predicted octanol–water partition coefficient (Wildman–Crippen LogP) is 0.255. The lowest BCUT2D eigenvalue weighted by Gasteiger charge is -2.28. The second-order valence-electron chi connectivity index (χ2n) is 4.57. The van der Waals surface area contributed by atoms with Crippen LogP contribution in [0.4, 0.5) is 0 Å². The molecule has 0 spiro atoms. The highest BCUT2D eigenvalue weighted by Crippen LogP contribution is 2.28. The smallest absolute Gasteiger partial charge is 0.126 e. The summed E-state index contributed by atoms with van der Waals surface area (Å²) < 4.78 is 1.49. The molecular formula is C9H17N3O2. The molecule has 80 valence electrons. The standard InChI is InChI=1S/C9H17N3O2/c1-9(2,3)8(14)7(13)6-5-12(4)11-10-6/h5,7-8,13-14H,1-4H3. The molecule has 1 aromatic rings. The molecule has 2 unspecified atom stereocenters. The first-order valence-corrected chi connectivity index (χ1v) is 4.54. The van der Waals surface area contributed by atoms with Gasteiger partial charge in [-0.2, -0.15) is 0 Å². The largest absolute Gasteiger partial charge is 0.389 e. The van der Waals surface area contributed by atoms with Gasteiger partial charge in [-0.3, -0.25) is 4.68 Å². The molecule has 0 radical (unpaired) electrons. The number of aromatic nitrogens is 3. The van der Waals surface area contributed by atoms with E-state index < -0.39 is 12.2 Å². The number of nitrogens with zero attached hydrogens (tertiary/aromatic N) is 3. The van der Waals surface area contributed by atoms with E-state index in [9.17, 15) is 10.2 Å². The quantitative estimate of drug-likeness (QED) is 0.716. The van der Waals surface area contributed by atoms with E-state index in [0.717, 1.165) is 0 Å². The Morgan fingerprint density at radius 2 is 1.93 bits per heavy atom. The van der Waals surface area contributed by atoms with Gasteiger partial charge in [0.05, 0.1) is 12.3 Å². The number of aliphatic hydroxyl groups is 2. The maximum atomic E-state index is 9.79. The fourth-order valence-corrected chi connectivity index (χ4v) is 1.14. The molecule has 0 aliphatic rings. The Bertz CT molecular complexity index is 303. The van der Waals surface area contributed by atoms with Gasteiger partial charge >= 0.3 is 0 Å². The third-order valence-electron chi connectivity index (χ3n) is 2.11. The van der Waals surface area contributed by atoms with Gasteiger partial charge in [-0.1, -0.05) is 26.0 Å². The summed E-state index contributed by atoms with van der Waals surface area (Å²) in [6.45, 7) is 5.58. The van der Waals surface area contributed by atoms with Crippen LogP contribution in [0.15, 0.2) is 6.20 Å². The zero-order valence-electron chi connectivity index (χ0n) is 8.97. The zero-order valence-corrected chi connectivity index (χ0v) is 8.97. The minimum atomic E-state index is -0.983.